The minimum Gasteiger partial charge on any atom is -0.309 e. The highest BCUT2D eigenvalue weighted by Gasteiger charge is 2.26. The lowest BCUT2D eigenvalue weighted by molar-refractivity contribution is 1.17. The van der Waals surface area contributed by atoms with Crippen molar-refractivity contribution in [3.63, 3.8) is 0 Å². The molecule has 22 aromatic carbocycles. The highest BCUT2D eigenvalue weighted by atomic mass is 15.0. The summed E-state index contributed by atoms with van der Waals surface area (Å²) in [5.74, 6) is 0. The topological polar surface area (TPSA) is 29.6 Å². The standard InChI is InChI=1S/C48H32N2.2C42H28N2/c1-3-12-33(13-4-1)35-22-26-39(27-23-35)49-43-20-9-7-18-41(43)47-45(49)30-31-46-48(47)42-19-8-10-21-44(42)50(46)40-28-24-36(25-29-40)38-17-11-16-37(32-38)34-14-5-2-6-15-34;1-3-12-29(13-4-1)31-22-24-33(25-23-31)43-37-20-9-7-18-35(37)41-39(43)26-27-40-42(41)36-19-8-10-21-38(36)44(40)34-17-11-16-32(28-34)30-14-5-2-6-15-30;1-3-11-29(12-4-1)31-19-23-33(24-20-31)43-37-17-9-7-15-35(37)41-39(43)27-28-40-42(41)36-16-8-10-18-38(36)44(40)34-25-21-32(22-26-34)30-13-5-2-6-14-30/h1-32H;2*1-28H. The van der Waals surface area contributed by atoms with E-state index in [2.05, 4.69) is 561 Å². The molecular formula is C132H88N6. The predicted molar refractivity (Wildman–Crippen MR) is 583 cm³/mol. The van der Waals surface area contributed by atoms with Crippen LogP contribution >= 0.6 is 0 Å². The van der Waals surface area contributed by atoms with Crippen LogP contribution in [0, 0.1) is 0 Å². The molecule has 0 aliphatic heterocycles. The fourth-order valence-electron chi connectivity index (χ4n) is 21.7. The first-order chi connectivity index (χ1) is 68.5. The molecular weight excluding hydrogens is 1670 g/mol. The lowest BCUT2D eigenvalue weighted by atomic mass is 9.99. The predicted octanol–water partition coefficient (Wildman–Crippen LogP) is 35.3. The molecule has 0 aliphatic rings. The van der Waals surface area contributed by atoms with Gasteiger partial charge in [-0.2, -0.15) is 0 Å². The Morgan fingerprint density at radius 2 is 0.239 bits per heavy atom. The average molecular weight is 1760 g/mol. The Morgan fingerprint density at radius 3 is 0.457 bits per heavy atom. The van der Waals surface area contributed by atoms with E-state index < -0.39 is 0 Å². The number of rotatable bonds is 13. The van der Waals surface area contributed by atoms with Gasteiger partial charge in [0.2, 0.25) is 0 Å². The average Bonchev–Trinajstić information content (AvgIpc) is 1.55. The fraction of sp³-hybridized carbons (Fsp3) is 0. The van der Waals surface area contributed by atoms with E-state index in [1.165, 1.54) is 209 Å². The number of hydrogen-bond acceptors (Lipinski definition) is 0. The third kappa shape index (κ3) is 13.8. The second kappa shape index (κ2) is 34.0. The zero-order valence-corrected chi connectivity index (χ0v) is 75.5. The number of nitrogens with zero attached hydrogens (tertiary/aromatic N) is 6. The minimum atomic E-state index is 1.15. The highest BCUT2D eigenvalue weighted by Crippen LogP contribution is 2.48. The second-order valence-corrected chi connectivity index (χ2v) is 35.7. The molecule has 0 fully saturated rings. The van der Waals surface area contributed by atoms with Crippen LogP contribution in [0.3, 0.4) is 0 Å². The molecule has 0 radical (unpaired) electrons. The molecule has 0 aliphatic carbocycles. The maximum absolute atomic E-state index is 2.43. The number of hydrogen-bond donors (Lipinski definition) is 0. The molecule has 6 heteroatoms. The van der Waals surface area contributed by atoms with Crippen LogP contribution in [0.5, 0.6) is 0 Å². The largest absolute Gasteiger partial charge is 0.309 e. The second-order valence-electron chi connectivity index (χ2n) is 35.7. The summed E-state index contributed by atoms with van der Waals surface area (Å²) in [4.78, 5) is 0. The van der Waals surface area contributed by atoms with E-state index in [0.717, 1.165) is 34.1 Å². The van der Waals surface area contributed by atoms with Gasteiger partial charge in [0.15, 0.2) is 0 Å². The molecule has 6 aromatic heterocycles. The van der Waals surface area contributed by atoms with Gasteiger partial charge in [-0.25, -0.2) is 0 Å². The molecule has 0 amide bonds. The summed E-state index contributed by atoms with van der Waals surface area (Å²) < 4.78 is 14.5. The van der Waals surface area contributed by atoms with Gasteiger partial charge >= 0.3 is 0 Å². The maximum atomic E-state index is 2.43. The lowest BCUT2D eigenvalue weighted by Crippen LogP contribution is -1.95. The van der Waals surface area contributed by atoms with Crippen molar-refractivity contribution in [2.45, 2.75) is 0 Å². The summed E-state index contributed by atoms with van der Waals surface area (Å²) in [7, 11) is 0. The number of fused-ring (bicyclic) bond motifs is 21. The van der Waals surface area contributed by atoms with Crippen molar-refractivity contribution < 1.29 is 0 Å². The monoisotopic (exact) mass is 1760 g/mol. The van der Waals surface area contributed by atoms with Gasteiger partial charge in [-0.1, -0.05) is 382 Å². The van der Waals surface area contributed by atoms with Gasteiger partial charge in [0.05, 0.1) is 66.2 Å². The van der Waals surface area contributed by atoms with Crippen molar-refractivity contribution >= 4 is 131 Å². The molecule has 0 bridgehead atoms. The van der Waals surface area contributed by atoms with Crippen molar-refractivity contribution in [1.29, 1.82) is 0 Å². The summed E-state index contributed by atoms with van der Waals surface area (Å²) in [6.07, 6.45) is 0. The van der Waals surface area contributed by atoms with Gasteiger partial charge < -0.3 is 27.4 Å². The molecule has 6 nitrogen and oxygen atoms in total. The zero-order valence-electron chi connectivity index (χ0n) is 75.5. The van der Waals surface area contributed by atoms with Crippen LogP contribution in [0.15, 0.2) is 534 Å². The summed E-state index contributed by atoms with van der Waals surface area (Å²) in [6, 6.07) is 193. The van der Waals surface area contributed by atoms with Gasteiger partial charge in [0, 0.05) is 98.8 Å². The van der Waals surface area contributed by atoms with E-state index in [1.807, 2.05) is 0 Å². The molecule has 28 aromatic rings. The highest BCUT2D eigenvalue weighted by molar-refractivity contribution is 6.32. The third-order valence-corrected chi connectivity index (χ3v) is 28.0. The molecule has 0 unspecified atom stereocenters. The van der Waals surface area contributed by atoms with E-state index in [4.69, 9.17) is 0 Å². The Morgan fingerprint density at radius 1 is 0.0870 bits per heavy atom. The molecule has 0 spiro atoms. The zero-order chi connectivity index (χ0) is 91.1. The van der Waals surface area contributed by atoms with E-state index in [1.54, 1.807) is 0 Å². The normalized spacial score (nSPS) is 11.6. The Bertz CT molecular complexity index is 9300. The number of benzene rings is 22. The molecule has 138 heavy (non-hydrogen) atoms. The van der Waals surface area contributed by atoms with Crippen molar-refractivity contribution in [2.24, 2.45) is 0 Å². The maximum Gasteiger partial charge on any atom is 0.0548 e. The lowest BCUT2D eigenvalue weighted by Gasteiger charge is -2.11. The van der Waals surface area contributed by atoms with Crippen LogP contribution in [0.4, 0.5) is 0 Å². The first-order valence-electron chi connectivity index (χ1n) is 47.4. The van der Waals surface area contributed by atoms with E-state index in [9.17, 15) is 0 Å². The molecule has 0 saturated heterocycles. The molecule has 646 valence electrons. The van der Waals surface area contributed by atoms with Crippen molar-refractivity contribution in [1.82, 2.24) is 27.4 Å². The molecule has 0 N–H and O–H groups in total. The first-order valence-corrected chi connectivity index (χ1v) is 47.4. The summed E-state index contributed by atoms with van der Waals surface area (Å²) in [5, 5.41) is 15.3. The van der Waals surface area contributed by atoms with Crippen LogP contribution in [0.2, 0.25) is 0 Å². The third-order valence-electron chi connectivity index (χ3n) is 28.0. The van der Waals surface area contributed by atoms with Crippen LogP contribution in [0.1, 0.15) is 0 Å². The summed E-state index contributed by atoms with van der Waals surface area (Å²) in [5.41, 5.74) is 38.6. The van der Waals surface area contributed by atoms with E-state index in [0.29, 0.717) is 0 Å². The van der Waals surface area contributed by atoms with Gasteiger partial charge in [-0.15, -0.1) is 0 Å². The van der Waals surface area contributed by atoms with Crippen molar-refractivity contribution in [3.05, 3.63) is 534 Å². The van der Waals surface area contributed by atoms with Gasteiger partial charge in [-0.3, -0.25) is 0 Å². The molecule has 0 saturated carbocycles. The van der Waals surface area contributed by atoms with Crippen molar-refractivity contribution in [3.8, 4) is 112 Å². The van der Waals surface area contributed by atoms with Gasteiger partial charge in [0.1, 0.15) is 0 Å². The van der Waals surface area contributed by atoms with E-state index >= 15 is 0 Å². The van der Waals surface area contributed by atoms with Crippen LogP contribution in [0.25, 0.3) is 243 Å². The molecule has 0 atom stereocenters. The van der Waals surface area contributed by atoms with Gasteiger partial charge in [-0.05, 0) is 230 Å². The SMILES string of the molecule is c1ccc(-c2ccc(-n3c4ccccc4c4c5c6ccccc6n(-c6ccc(-c7cccc(-c8ccccc8)c7)cc6)c5ccc43)cc2)cc1.c1ccc(-c2ccc(-n3c4ccccc4c4c5c6ccccc6n(-c6ccc(-c7ccccc7)cc6)c5ccc43)cc2)cc1.c1ccc(-c2ccc(-n3c4ccccc4c4c5c6ccccc6n(-c6cccc(-c7ccccc7)c6)c5ccc43)cc2)cc1. The Kier molecular flexibility index (Phi) is 19.9. The summed E-state index contributed by atoms with van der Waals surface area (Å²) in [6.45, 7) is 0. The minimum absolute atomic E-state index is 1.15. The Labute approximate surface area is 798 Å². The van der Waals surface area contributed by atoms with Crippen molar-refractivity contribution in [2.75, 3.05) is 0 Å². The van der Waals surface area contributed by atoms with Crippen LogP contribution in [-0.2, 0) is 0 Å². The smallest absolute Gasteiger partial charge is 0.0548 e. The Hall–Kier alpha value is -18.4. The van der Waals surface area contributed by atoms with E-state index in [-0.39, 0.29) is 0 Å². The molecule has 6 heterocycles. The first kappa shape index (κ1) is 80.5. The number of para-hydroxylation sites is 6. The quantitative estimate of drug-likeness (QED) is 0.110. The van der Waals surface area contributed by atoms with Gasteiger partial charge in [0.25, 0.3) is 0 Å². The fourth-order valence-corrected chi connectivity index (χ4v) is 21.7. The number of aromatic nitrogens is 6. The Balaban J connectivity index is 0.000000107. The summed E-state index contributed by atoms with van der Waals surface area (Å²) >= 11 is 0. The van der Waals surface area contributed by atoms with Crippen LogP contribution < -0.4 is 0 Å². The molecule has 28 rings (SSSR count). The van der Waals surface area contributed by atoms with Crippen LogP contribution in [-0.4, -0.2) is 27.4 Å².